The molecule has 0 radical (unpaired) electrons. The highest BCUT2D eigenvalue weighted by Crippen LogP contribution is 2.18. The van der Waals surface area contributed by atoms with Crippen molar-refractivity contribution in [1.82, 2.24) is 5.32 Å². The molecule has 0 saturated carbocycles. The van der Waals surface area contributed by atoms with Crippen molar-refractivity contribution < 1.29 is 14.3 Å². The summed E-state index contributed by atoms with van der Waals surface area (Å²) in [4.78, 5) is 24.1. The van der Waals surface area contributed by atoms with Crippen LogP contribution in [0.3, 0.4) is 0 Å². The van der Waals surface area contributed by atoms with Gasteiger partial charge in [-0.05, 0) is 25.0 Å². The minimum atomic E-state index is -0.275. The lowest BCUT2D eigenvalue weighted by Crippen LogP contribution is -2.22. The molecule has 0 saturated heterocycles. The van der Waals surface area contributed by atoms with Gasteiger partial charge in [0.2, 0.25) is 5.91 Å². The van der Waals surface area contributed by atoms with Gasteiger partial charge in [0.15, 0.2) is 0 Å². The first-order chi connectivity index (χ1) is 8.63. The summed E-state index contributed by atoms with van der Waals surface area (Å²) in [7, 11) is 0. The van der Waals surface area contributed by atoms with Crippen LogP contribution < -0.4 is 5.32 Å². The number of halogens is 1. The topological polar surface area (TPSA) is 55.4 Å². The quantitative estimate of drug-likeness (QED) is 0.342. The van der Waals surface area contributed by atoms with Gasteiger partial charge in [-0.2, -0.15) is 0 Å². The van der Waals surface area contributed by atoms with E-state index in [0.29, 0.717) is 24.4 Å². The summed E-state index contributed by atoms with van der Waals surface area (Å²) in [6, 6.07) is 3.78. The van der Waals surface area contributed by atoms with Crippen LogP contribution in [0.15, 0.2) is 12.1 Å². The van der Waals surface area contributed by atoms with Crippen molar-refractivity contribution in [3.8, 4) is 0 Å². The van der Waals surface area contributed by atoms with E-state index in [1.807, 2.05) is 12.1 Å². The van der Waals surface area contributed by atoms with E-state index >= 15 is 0 Å². The molecule has 0 unspecified atom stereocenters. The van der Waals surface area contributed by atoms with Gasteiger partial charge in [-0.3, -0.25) is 4.79 Å². The van der Waals surface area contributed by atoms with Crippen molar-refractivity contribution in [2.45, 2.75) is 19.8 Å². The average Bonchev–Trinajstić information content (AvgIpc) is 2.77. The zero-order chi connectivity index (χ0) is 13.4. The Hall–Kier alpha value is -0.630. The molecule has 0 fully saturated rings. The van der Waals surface area contributed by atoms with Crippen LogP contribution in [0.4, 0.5) is 0 Å². The van der Waals surface area contributed by atoms with E-state index in [1.165, 1.54) is 23.1 Å². The molecular formula is C12H16INO3S. The molecular weight excluding hydrogens is 365 g/mol. The van der Waals surface area contributed by atoms with E-state index in [9.17, 15) is 9.59 Å². The molecule has 4 nitrogen and oxygen atoms in total. The van der Waals surface area contributed by atoms with Crippen molar-refractivity contribution in [2.24, 2.45) is 0 Å². The van der Waals surface area contributed by atoms with Crippen LogP contribution in [0.25, 0.3) is 0 Å². The Labute approximate surface area is 124 Å². The van der Waals surface area contributed by atoms with Crippen molar-refractivity contribution in [3.63, 3.8) is 0 Å². The molecule has 0 atom stereocenters. The predicted molar refractivity (Wildman–Crippen MR) is 80.5 cm³/mol. The van der Waals surface area contributed by atoms with E-state index in [1.54, 1.807) is 0 Å². The van der Waals surface area contributed by atoms with Crippen molar-refractivity contribution in [3.05, 3.63) is 21.9 Å². The highest BCUT2D eigenvalue weighted by molar-refractivity contribution is 14.1. The monoisotopic (exact) mass is 381 g/mol. The standard InChI is InChI=1S/C12H16INO3S/c1-9(15)14-7-2-8-17-12(16)11-4-3-10(18-11)5-6-13/h3-4H,2,5-8H2,1H3,(H,14,15). The third-order valence-corrected chi connectivity index (χ3v) is 3.80. The summed E-state index contributed by atoms with van der Waals surface area (Å²) in [5.41, 5.74) is 0. The van der Waals surface area contributed by atoms with Gasteiger partial charge in [-0.25, -0.2) is 4.79 Å². The predicted octanol–water partition coefficient (Wildman–Crippen LogP) is 2.41. The van der Waals surface area contributed by atoms with Crippen molar-refractivity contribution >= 4 is 45.8 Å². The SMILES string of the molecule is CC(=O)NCCCOC(=O)c1ccc(CCI)s1. The van der Waals surface area contributed by atoms with E-state index in [-0.39, 0.29) is 11.9 Å². The highest BCUT2D eigenvalue weighted by atomic mass is 127. The van der Waals surface area contributed by atoms with E-state index in [2.05, 4.69) is 27.9 Å². The van der Waals surface area contributed by atoms with Crippen LogP contribution in [0.1, 0.15) is 27.9 Å². The lowest BCUT2D eigenvalue weighted by Gasteiger charge is -2.03. The Morgan fingerprint density at radius 3 is 2.89 bits per heavy atom. The Balaban J connectivity index is 2.25. The second kappa shape index (κ2) is 8.47. The molecule has 1 amide bonds. The number of hydrogen-bond donors (Lipinski definition) is 1. The molecule has 18 heavy (non-hydrogen) atoms. The maximum Gasteiger partial charge on any atom is 0.348 e. The number of nitrogens with one attached hydrogen (secondary N) is 1. The lowest BCUT2D eigenvalue weighted by molar-refractivity contribution is -0.118. The molecule has 0 aliphatic rings. The molecule has 100 valence electrons. The van der Waals surface area contributed by atoms with Gasteiger partial charge in [-0.15, -0.1) is 11.3 Å². The highest BCUT2D eigenvalue weighted by Gasteiger charge is 2.10. The second-order valence-corrected chi connectivity index (χ2v) is 5.92. The van der Waals surface area contributed by atoms with Gasteiger partial charge >= 0.3 is 5.97 Å². The third-order valence-electron chi connectivity index (χ3n) is 2.13. The fraction of sp³-hybridized carbons (Fsp3) is 0.500. The van der Waals surface area contributed by atoms with Crippen LogP contribution in [0.5, 0.6) is 0 Å². The Kier molecular flexibility index (Phi) is 7.26. The zero-order valence-corrected chi connectivity index (χ0v) is 13.2. The number of esters is 1. The van der Waals surface area contributed by atoms with Crippen LogP contribution >= 0.6 is 33.9 Å². The lowest BCUT2D eigenvalue weighted by atomic mass is 10.4. The van der Waals surface area contributed by atoms with Gasteiger partial charge in [0.25, 0.3) is 0 Å². The van der Waals surface area contributed by atoms with E-state index in [0.717, 1.165) is 10.8 Å². The van der Waals surface area contributed by atoms with Gasteiger partial charge < -0.3 is 10.1 Å². The van der Waals surface area contributed by atoms with Gasteiger partial charge in [0.1, 0.15) is 4.88 Å². The summed E-state index contributed by atoms with van der Waals surface area (Å²) in [5.74, 6) is -0.342. The molecule has 1 aromatic heterocycles. The maximum absolute atomic E-state index is 11.7. The fourth-order valence-electron chi connectivity index (χ4n) is 1.29. The largest absolute Gasteiger partial charge is 0.461 e. The molecule has 0 spiro atoms. The Morgan fingerprint density at radius 1 is 1.44 bits per heavy atom. The second-order valence-electron chi connectivity index (χ2n) is 3.68. The van der Waals surface area contributed by atoms with Crippen molar-refractivity contribution in [2.75, 3.05) is 17.6 Å². The first-order valence-electron chi connectivity index (χ1n) is 5.69. The number of thiophene rings is 1. The van der Waals surface area contributed by atoms with Gasteiger partial charge in [0, 0.05) is 22.8 Å². The molecule has 1 rings (SSSR count). The zero-order valence-electron chi connectivity index (χ0n) is 10.2. The normalized spacial score (nSPS) is 10.1. The molecule has 1 N–H and O–H groups in total. The van der Waals surface area contributed by atoms with Crippen LogP contribution in [-0.2, 0) is 16.0 Å². The number of carbonyl (C=O) groups is 2. The number of amides is 1. The van der Waals surface area contributed by atoms with Crippen LogP contribution in [0.2, 0.25) is 0 Å². The summed E-state index contributed by atoms with van der Waals surface area (Å²) in [5, 5.41) is 2.65. The number of hydrogen-bond acceptors (Lipinski definition) is 4. The number of rotatable bonds is 7. The molecule has 0 aromatic carbocycles. The van der Waals surface area contributed by atoms with Gasteiger partial charge in [0.05, 0.1) is 6.61 Å². The number of carbonyl (C=O) groups excluding carboxylic acids is 2. The Morgan fingerprint density at radius 2 is 2.22 bits per heavy atom. The fourth-order valence-corrected chi connectivity index (χ4v) is 3.14. The first-order valence-corrected chi connectivity index (χ1v) is 8.04. The van der Waals surface area contributed by atoms with Crippen LogP contribution in [-0.4, -0.2) is 29.5 Å². The molecule has 1 aromatic rings. The molecule has 1 heterocycles. The molecule has 6 heteroatoms. The Bertz CT molecular complexity index is 406. The van der Waals surface area contributed by atoms with Crippen LogP contribution in [0, 0.1) is 0 Å². The van der Waals surface area contributed by atoms with Gasteiger partial charge in [-0.1, -0.05) is 22.6 Å². The maximum atomic E-state index is 11.7. The number of aryl methyl sites for hydroxylation is 1. The minimum absolute atomic E-state index is 0.0666. The van der Waals surface area contributed by atoms with E-state index < -0.39 is 0 Å². The molecule has 0 aliphatic carbocycles. The van der Waals surface area contributed by atoms with E-state index in [4.69, 9.17) is 4.74 Å². The number of ether oxygens (including phenoxy) is 1. The first kappa shape index (κ1) is 15.4. The summed E-state index contributed by atoms with van der Waals surface area (Å²) in [6.07, 6.45) is 1.62. The molecule has 0 bridgehead atoms. The third kappa shape index (κ3) is 5.81. The summed E-state index contributed by atoms with van der Waals surface area (Å²) in [6.45, 7) is 2.33. The average molecular weight is 381 g/mol. The summed E-state index contributed by atoms with van der Waals surface area (Å²) < 4.78 is 6.16. The minimum Gasteiger partial charge on any atom is -0.461 e. The smallest absolute Gasteiger partial charge is 0.348 e. The summed E-state index contributed by atoms with van der Waals surface area (Å²) >= 11 is 3.80. The number of alkyl halides is 1. The van der Waals surface area contributed by atoms with Crippen molar-refractivity contribution in [1.29, 1.82) is 0 Å². The molecule has 0 aliphatic heterocycles.